The maximum absolute atomic E-state index is 13.6. The second-order valence-electron chi connectivity index (χ2n) is 11.7. The van der Waals surface area contributed by atoms with E-state index < -0.39 is 5.97 Å². The van der Waals surface area contributed by atoms with E-state index in [1.54, 1.807) is 36.4 Å². The van der Waals surface area contributed by atoms with E-state index >= 15 is 0 Å². The van der Waals surface area contributed by atoms with Crippen molar-refractivity contribution in [3.05, 3.63) is 101 Å². The molecule has 2 aliphatic heterocycles. The van der Waals surface area contributed by atoms with Crippen molar-refractivity contribution in [2.24, 2.45) is 0 Å². The summed E-state index contributed by atoms with van der Waals surface area (Å²) >= 11 is 0. The first-order valence-corrected chi connectivity index (χ1v) is 15.1. The van der Waals surface area contributed by atoms with Gasteiger partial charge in [-0.3, -0.25) is 14.6 Å². The molecule has 2 fully saturated rings. The molecule has 0 saturated carbocycles. The number of carboxylic acids is 1. The number of halogens is 1. The third-order valence-electron chi connectivity index (χ3n) is 8.85. The molecule has 8 nitrogen and oxygen atoms in total. The number of pyridine rings is 1. The lowest BCUT2D eigenvalue weighted by molar-refractivity contribution is -0.154. The lowest BCUT2D eigenvalue weighted by atomic mass is 9.66. The van der Waals surface area contributed by atoms with Gasteiger partial charge >= 0.3 is 5.97 Å². The van der Waals surface area contributed by atoms with Gasteiger partial charge in [0.25, 0.3) is 5.91 Å². The molecular weight excluding hydrogens is 549 g/mol. The minimum absolute atomic E-state index is 0.0816. The average Bonchev–Trinajstić information content (AvgIpc) is 3.44. The van der Waals surface area contributed by atoms with Gasteiger partial charge in [0.15, 0.2) is 0 Å². The number of ether oxygens (including phenoxy) is 2. The molecule has 6 rings (SSSR count). The summed E-state index contributed by atoms with van der Waals surface area (Å²) in [5, 5.41) is 14.4. The first kappa shape index (κ1) is 30.8. The Balaban J connectivity index is 0.000000239. The standard InChI is InChI=1S/C25H31FN2O2.C9H9NO3/c26-21-5-6-23(28-17-21)24(8-14-30-25(18-24)9-12-29-13-10-25)7-11-27-22-15-19-3-1-2-4-20(19)16-22;11-8(12)6-10-9(13)7-4-2-1-3-5-7/h1-6,17,22,27H,7-16,18H2;1-5H,6H2,(H,10,13)(H,11,12)/t24-;/m1./s1. The topological polar surface area (TPSA) is 110 Å². The number of nitrogens with zero attached hydrogens (tertiary/aromatic N) is 1. The SMILES string of the molecule is Fc1ccc([C@]2(CCNC3Cc4ccccc4C3)CCOC3(CCOCC3)C2)nc1.O=C(O)CNC(=O)c1ccccc1. The molecule has 3 N–H and O–H groups in total. The predicted molar refractivity (Wildman–Crippen MR) is 161 cm³/mol. The van der Waals surface area contributed by atoms with Crippen LogP contribution in [0.4, 0.5) is 4.39 Å². The molecule has 3 aliphatic rings. The third-order valence-corrected chi connectivity index (χ3v) is 8.85. The minimum Gasteiger partial charge on any atom is -0.480 e. The quantitative estimate of drug-likeness (QED) is 0.356. The number of aliphatic carboxylic acids is 1. The van der Waals surface area contributed by atoms with Gasteiger partial charge in [-0.25, -0.2) is 4.39 Å². The minimum atomic E-state index is -1.05. The summed E-state index contributed by atoms with van der Waals surface area (Å²) in [5.41, 5.74) is 4.20. The van der Waals surface area contributed by atoms with Crippen molar-refractivity contribution in [3.63, 3.8) is 0 Å². The molecule has 3 aromatic rings. The molecule has 0 radical (unpaired) electrons. The van der Waals surface area contributed by atoms with Crippen molar-refractivity contribution >= 4 is 11.9 Å². The van der Waals surface area contributed by atoms with Crippen molar-refractivity contribution in [1.29, 1.82) is 0 Å². The summed E-state index contributed by atoms with van der Waals surface area (Å²) in [6, 6.07) is 21.2. The van der Waals surface area contributed by atoms with Gasteiger partial charge < -0.3 is 25.2 Å². The summed E-state index contributed by atoms with van der Waals surface area (Å²) in [5.74, 6) is -1.70. The Morgan fingerprint density at radius 3 is 2.28 bits per heavy atom. The number of carbonyl (C=O) groups excluding carboxylic acids is 1. The van der Waals surface area contributed by atoms with Gasteiger partial charge in [-0.15, -0.1) is 0 Å². The maximum Gasteiger partial charge on any atom is 0.322 e. The smallest absolute Gasteiger partial charge is 0.322 e. The van der Waals surface area contributed by atoms with Crippen LogP contribution in [-0.4, -0.2) is 66.5 Å². The number of rotatable bonds is 8. The van der Waals surface area contributed by atoms with Gasteiger partial charge in [-0.2, -0.15) is 0 Å². The highest BCUT2D eigenvalue weighted by molar-refractivity contribution is 5.95. The zero-order valence-corrected chi connectivity index (χ0v) is 24.4. The Labute approximate surface area is 252 Å². The van der Waals surface area contributed by atoms with Crippen LogP contribution in [0.2, 0.25) is 0 Å². The average molecular weight is 590 g/mol. The molecule has 2 aromatic carbocycles. The summed E-state index contributed by atoms with van der Waals surface area (Å²) in [7, 11) is 0. The van der Waals surface area contributed by atoms with E-state index in [0.717, 1.165) is 77.0 Å². The van der Waals surface area contributed by atoms with Crippen molar-refractivity contribution in [1.82, 2.24) is 15.6 Å². The Bertz CT molecular complexity index is 1330. The first-order chi connectivity index (χ1) is 20.9. The molecule has 2 saturated heterocycles. The summed E-state index contributed by atoms with van der Waals surface area (Å²) in [6.45, 7) is 2.82. The van der Waals surface area contributed by atoms with Crippen LogP contribution >= 0.6 is 0 Å². The lowest BCUT2D eigenvalue weighted by Gasteiger charge is -2.49. The van der Waals surface area contributed by atoms with Gasteiger partial charge in [0.1, 0.15) is 12.4 Å². The summed E-state index contributed by atoms with van der Waals surface area (Å²) in [4.78, 5) is 25.8. The van der Waals surface area contributed by atoms with Gasteiger partial charge in [0.2, 0.25) is 0 Å². The highest BCUT2D eigenvalue weighted by Crippen LogP contribution is 2.47. The van der Waals surface area contributed by atoms with Crippen molar-refractivity contribution in [3.8, 4) is 0 Å². The zero-order valence-electron chi connectivity index (χ0n) is 24.4. The number of carbonyl (C=O) groups is 2. The molecular formula is C34H40FN3O5. The number of carboxylic acid groups (broad SMARTS) is 1. The Hall–Kier alpha value is -3.66. The van der Waals surface area contributed by atoms with Crippen LogP contribution in [-0.2, 0) is 32.5 Å². The fraction of sp³-hybridized carbons (Fsp3) is 0.441. The van der Waals surface area contributed by atoms with Crippen molar-refractivity contribution < 1.29 is 28.6 Å². The van der Waals surface area contributed by atoms with E-state index in [4.69, 9.17) is 14.6 Å². The molecule has 1 amide bonds. The molecule has 0 unspecified atom stereocenters. The molecule has 3 heterocycles. The van der Waals surface area contributed by atoms with Gasteiger partial charge in [-0.05, 0) is 86.9 Å². The zero-order chi connectivity index (χ0) is 30.1. The maximum atomic E-state index is 13.6. The van der Waals surface area contributed by atoms with Crippen LogP contribution < -0.4 is 10.6 Å². The van der Waals surface area contributed by atoms with E-state index in [1.165, 1.54) is 17.3 Å². The largest absolute Gasteiger partial charge is 0.480 e. The van der Waals surface area contributed by atoms with Gasteiger partial charge in [0.05, 0.1) is 11.8 Å². The highest BCUT2D eigenvalue weighted by atomic mass is 19.1. The number of benzene rings is 2. The number of fused-ring (bicyclic) bond motifs is 1. The molecule has 1 spiro atoms. The molecule has 1 aliphatic carbocycles. The highest BCUT2D eigenvalue weighted by Gasteiger charge is 2.48. The Kier molecular flexibility index (Phi) is 10.2. The van der Waals surface area contributed by atoms with E-state index in [-0.39, 0.29) is 29.3 Å². The molecule has 9 heteroatoms. The lowest BCUT2D eigenvalue weighted by Crippen LogP contribution is -2.51. The predicted octanol–water partition coefficient (Wildman–Crippen LogP) is 4.47. The van der Waals surface area contributed by atoms with E-state index in [9.17, 15) is 14.0 Å². The molecule has 0 bridgehead atoms. The van der Waals surface area contributed by atoms with Crippen LogP contribution in [0.1, 0.15) is 59.3 Å². The summed E-state index contributed by atoms with van der Waals surface area (Å²) in [6.07, 6.45) is 8.29. The number of nitrogens with one attached hydrogen (secondary N) is 2. The number of amides is 1. The number of hydrogen-bond donors (Lipinski definition) is 3. The van der Waals surface area contributed by atoms with Crippen LogP contribution in [0, 0.1) is 5.82 Å². The van der Waals surface area contributed by atoms with Crippen LogP contribution in [0.25, 0.3) is 0 Å². The summed E-state index contributed by atoms with van der Waals surface area (Å²) < 4.78 is 25.5. The molecule has 228 valence electrons. The van der Waals surface area contributed by atoms with Gasteiger partial charge in [-0.1, -0.05) is 42.5 Å². The molecule has 43 heavy (non-hydrogen) atoms. The Morgan fingerprint density at radius 2 is 1.63 bits per heavy atom. The normalized spacial score (nSPS) is 21.0. The van der Waals surface area contributed by atoms with E-state index in [1.807, 2.05) is 6.07 Å². The third kappa shape index (κ3) is 8.04. The van der Waals surface area contributed by atoms with Crippen LogP contribution in [0.5, 0.6) is 0 Å². The van der Waals surface area contributed by atoms with Crippen molar-refractivity contribution in [2.45, 2.75) is 62.0 Å². The number of hydrogen-bond acceptors (Lipinski definition) is 6. The van der Waals surface area contributed by atoms with Gasteiger partial charge in [0, 0.05) is 42.5 Å². The second kappa shape index (κ2) is 14.2. The number of aromatic nitrogens is 1. The van der Waals surface area contributed by atoms with Crippen LogP contribution in [0.3, 0.4) is 0 Å². The monoisotopic (exact) mass is 589 g/mol. The molecule has 1 aromatic heterocycles. The van der Waals surface area contributed by atoms with Crippen molar-refractivity contribution in [2.75, 3.05) is 32.9 Å². The van der Waals surface area contributed by atoms with E-state index in [0.29, 0.717) is 11.6 Å². The fourth-order valence-electron chi connectivity index (χ4n) is 6.60. The first-order valence-electron chi connectivity index (χ1n) is 15.1. The van der Waals surface area contributed by atoms with E-state index in [2.05, 4.69) is 39.9 Å². The fourth-order valence-corrected chi connectivity index (χ4v) is 6.60. The Morgan fingerprint density at radius 1 is 0.930 bits per heavy atom. The van der Waals surface area contributed by atoms with Crippen LogP contribution in [0.15, 0.2) is 72.9 Å². The second-order valence-corrected chi connectivity index (χ2v) is 11.7. The molecule has 1 atom stereocenters.